The van der Waals surface area contributed by atoms with Gasteiger partial charge in [0.1, 0.15) is 6.04 Å². The first kappa shape index (κ1) is 23.5. The van der Waals surface area contributed by atoms with Gasteiger partial charge in [-0.05, 0) is 37.3 Å². The maximum Gasteiger partial charge on any atom is 0.329 e. The summed E-state index contributed by atoms with van der Waals surface area (Å²) in [6, 6.07) is 11.2. The van der Waals surface area contributed by atoms with Crippen LogP contribution in [0.4, 0.5) is 0 Å². The zero-order chi connectivity index (χ0) is 22.7. The Hall–Kier alpha value is -2.19. The maximum atomic E-state index is 13.0. The number of methoxy groups -OCH3 is 1. The average Bonchev–Trinajstić information content (AvgIpc) is 3.08. The highest BCUT2D eigenvalue weighted by molar-refractivity contribution is 7.80. The van der Waals surface area contributed by atoms with Crippen LogP contribution in [-0.4, -0.2) is 40.6 Å². The molecule has 3 aromatic rings. The summed E-state index contributed by atoms with van der Waals surface area (Å²) in [5.41, 5.74) is 2.68. The van der Waals surface area contributed by atoms with Crippen molar-refractivity contribution >= 4 is 59.3 Å². The first-order valence-corrected chi connectivity index (χ1v) is 10.8. The molecule has 1 heterocycles. The Morgan fingerprint density at radius 1 is 1.13 bits per heavy atom. The summed E-state index contributed by atoms with van der Waals surface area (Å²) >= 11 is 22.6. The highest BCUT2D eigenvalue weighted by atomic mass is 35.5. The van der Waals surface area contributed by atoms with E-state index in [0.717, 1.165) is 5.56 Å². The molecule has 0 spiro atoms. The van der Waals surface area contributed by atoms with Crippen molar-refractivity contribution in [2.45, 2.75) is 13.0 Å². The fraction of sp³-hybridized carbons (Fsp3) is 0.190. The summed E-state index contributed by atoms with van der Waals surface area (Å²) in [6.07, 6.45) is 0. The molecule has 1 atom stereocenters. The van der Waals surface area contributed by atoms with Crippen LogP contribution in [0, 0.1) is 6.92 Å². The smallest absolute Gasteiger partial charge is 0.329 e. The number of esters is 1. The molecule has 0 saturated heterocycles. The number of amides is 1. The molecule has 1 amide bonds. The molecule has 0 aliphatic rings. The van der Waals surface area contributed by atoms with E-state index in [4.69, 9.17) is 39.5 Å². The Kier molecular flexibility index (Phi) is 7.54. The molecule has 162 valence electrons. The number of carbonyl (C=O) groups excluding carboxylic acids is 2. The second-order valence-corrected chi connectivity index (χ2v) is 8.21. The average molecular weight is 499 g/mol. The first-order valence-electron chi connectivity index (χ1n) is 9.07. The third-order valence-electron chi connectivity index (χ3n) is 4.57. The van der Waals surface area contributed by atoms with Gasteiger partial charge in [-0.3, -0.25) is 4.79 Å². The highest BCUT2D eigenvalue weighted by Gasteiger charge is 2.27. The van der Waals surface area contributed by atoms with Crippen LogP contribution in [0.25, 0.3) is 16.9 Å². The van der Waals surface area contributed by atoms with Crippen LogP contribution in [0.15, 0.2) is 42.5 Å². The Labute approximate surface area is 199 Å². The molecule has 6 nitrogen and oxygen atoms in total. The van der Waals surface area contributed by atoms with Gasteiger partial charge in [-0.1, -0.05) is 46.9 Å². The predicted octanol–water partition coefficient (Wildman–Crippen LogP) is 5.01. The summed E-state index contributed by atoms with van der Waals surface area (Å²) < 4.78 is 6.27. The van der Waals surface area contributed by atoms with E-state index in [2.05, 4.69) is 23.0 Å². The van der Waals surface area contributed by atoms with Gasteiger partial charge in [-0.25, -0.2) is 9.48 Å². The molecule has 10 heteroatoms. The number of nitrogens with one attached hydrogen (secondary N) is 1. The highest BCUT2D eigenvalue weighted by Crippen LogP contribution is 2.33. The van der Waals surface area contributed by atoms with Gasteiger partial charge in [0.05, 0.1) is 23.5 Å². The number of thiol groups is 1. The lowest BCUT2D eigenvalue weighted by atomic mass is 10.1. The van der Waals surface area contributed by atoms with Crippen LogP contribution in [-0.2, 0) is 9.53 Å². The Morgan fingerprint density at radius 3 is 2.35 bits per heavy atom. The van der Waals surface area contributed by atoms with E-state index in [9.17, 15) is 9.59 Å². The van der Waals surface area contributed by atoms with Gasteiger partial charge in [0.25, 0.3) is 5.91 Å². The van der Waals surface area contributed by atoms with Gasteiger partial charge in [0.15, 0.2) is 5.69 Å². The van der Waals surface area contributed by atoms with Crippen molar-refractivity contribution in [1.82, 2.24) is 15.1 Å². The number of carbonyl (C=O) groups is 2. The van der Waals surface area contributed by atoms with Crippen LogP contribution >= 0.6 is 47.4 Å². The second kappa shape index (κ2) is 9.96. The van der Waals surface area contributed by atoms with E-state index in [0.29, 0.717) is 32.0 Å². The molecule has 2 aromatic carbocycles. The summed E-state index contributed by atoms with van der Waals surface area (Å²) in [5.74, 6) is -1.06. The molecule has 0 aliphatic heterocycles. The number of benzene rings is 2. The molecule has 0 aliphatic carbocycles. The van der Waals surface area contributed by atoms with Gasteiger partial charge in [-0.2, -0.15) is 17.7 Å². The van der Waals surface area contributed by atoms with E-state index in [-0.39, 0.29) is 11.4 Å². The SMILES string of the molecule is COC(=O)[C@H](CS)NC(=O)c1nn(-c2ccc(Cl)cc2Cl)c(-c2ccc(Cl)cc2)c1C. The second-order valence-electron chi connectivity index (χ2n) is 6.57. The number of halogens is 3. The summed E-state index contributed by atoms with van der Waals surface area (Å²) in [6.45, 7) is 1.76. The topological polar surface area (TPSA) is 73.2 Å². The van der Waals surface area contributed by atoms with E-state index >= 15 is 0 Å². The summed E-state index contributed by atoms with van der Waals surface area (Å²) in [4.78, 5) is 24.8. The molecular formula is C21H18Cl3N3O3S. The molecular weight excluding hydrogens is 481 g/mol. The zero-order valence-electron chi connectivity index (χ0n) is 16.5. The van der Waals surface area contributed by atoms with Gasteiger partial charge < -0.3 is 10.1 Å². The number of nitrogens with zero attached hydrogens (tertiary/aromatic N) is 2. The van der Waals surface area contributed by atoms with Gasteiger partial charge >= 0.3 is 5.97 Å². The Bertz CT molecular complexity index is 1130. The van der Waals surface area contributed by atoms with Crippen molar-refractivity contribution in [3.05, 3.63) is 68.8 Å². The molecule has 1 aromatic heterocycles. The van der Waals surface area contributed by atoms with Crippen molar-refractivity contribution in [2.24, 2.45) is 0 Å². The van der Waals surface area contributed by atoms with Gasteiger partial charge in [-0.15, -0.1) is 0 Å². The minimum atomic E-state index is -0.913. The number of ether oxygens (including phenoxy) is 1. The molecule has 0 saturated carbocycles. The lowest BCUT2D eigenvalue weighted by Crippen LogP contribution is -2.43. The van der Waals surface area contributed by atoms with Crippen molar-refractivity contribution in [1.29, 1.82) is 0 Å². The molecule has 31 heavy (non-hydrogen) atoms. The van der Waals surface area contributed by atoms with Crippen molar-refractivity contribution in [3.8, 4) is 16.9 Å². The fourth-order valence-electron chi connectivity index (χ4n) is 3.03. The minimum Gasteiger partial charge on any atom is -0.467 e. The van der Waals surface area contributed by atoms with Crippen LogP contribution in [0.3, 0.4) is 0 Å². The maximum absolute atomic E-state index is 13.0. The molecule has 0 bridgehead atoms. The lowest BCUT2D eigenvalue weighted by Gasteiger charge is -2.13. The zero-order valence-corrected chi connectivity index (χ0v) is 19.7. The monoisotopic (exact) mass is 497 g/mol. The minimum absolute atomic E-state index is 0.0746. The van der Waals surface area contributed by atoms with E-state index in [1.54, 1.807) is 41.9 Å². The van der Waals surface area contributed by atoms with Gasteiger partial charge in [0.2, 0.25) is 0 Å². The lowest BCUT2D eigenvalue weighted by molar-refractivity contribution is -0.142. The predicted molar refractivity (Wildman–Crippen MR) is 126 cm³/mol. The number of rotatable bonds is 6. The van der Waals surface area contributed by atoms with Gasteiger partial charge in [0, 0.05) is 26.9 Å². The van der Waals surface area contributed by atoms with E-state index in [1.165, 1.54) is 7.11 Å². The third-order valence-corrected chi connectivity index (χ3v) is 5.72. The summed E-state index contributed by atoms with van der Waals surface area (Å²) in [5, 5.41) is 8.52. The standard InChI is InChI=1S/C21H18Cl3N3O3S/c1-11-18(20(28)25-16(10-31)21(29)30-2)26-27(17-8-7-14(23)9-15(17)24)19(11)12-3-5-13(22)6-4-12/h3-9,16,31H,10H2,1-2H3,(H,25,28)/t16-/m0/s1. The van der Waals surface area contributed by atoms with E-state index in [1.807, 2.05) is 12.1 Å². The van der Waals surface area contributed by atoms with Crippen molar-refractivity contribution in [3.63, 3.8) is 0 Å². The first-order chi connectivity index (χ1) is 14.8. The molecule has 0 fully saturated rings. The third kappa shape index (κ3) is 5.01. The molecule has 0 radical (unpaired) electrons. The number of hydrogen-bond donors (Lipinski definition) is 2. The number of aromatic nitrogens is 2. The van der Waals surface area contributed by atoms with Crippen LogP contribution in [0.2, 0.25) is 15.1 Å². The summed E-state index contributed by atoms with van der Waals surface area (Å²) in [7, 11) is 1.24. The van der Waals surface area contributed by atoms with Crippen molar-refractivity contribution < 1.29 is 14.3 Å². The van der Waals surface area contributed by atoms with Crippen LogP contribution in [0.5, 0.6) is 0 Å². The normalized spacial score (nSPS) is 11.8. The molecule has 3 rings (SSSR count). The van der Waals surface area contributed by atoms with Crippen LogP contribution < -0.4 is 5.32 Å². The van der Waals surface area contributed by atoms with Crippen molar-refractivity contribution in [2.75, 3.05) is 12.9 Å². The molecule has 1 N–H and O–H groups in total. The molecule has 0 unspecified atom stereocenters. The quantitative estimate of drug-likeness (QED) is 0.370. The van der Waals surface area contributed by atoms with E-state index < -0.39 is 17.9 Å². The Morgan fingerprint density at radius 2 is 1.77 bits per heavy atom. The fourth-order valence-corrected chi connectivity index (χ4v) is 3.89. The number of hydrogen-bond acceptors (Lipinski definition) is 5. The van der Waals surface area contributed by atoms with Crippen LogP contribution in [0.1, 0.15) is 16.1 Å². The Balaban J connectivity index is 2.15. The largest absolute Gasteiger partial charge is 0.467 e.